The molecule has 106 valence electrons. The van der Waals surface area contributed by atoms with Crippen molar-refractivity contribution in [2.24, 2.45) is 0 Å². The number of nitrogens with zero attached hydrogens (tertiary/aromatic N) is 1. The van der Waals surface area contributed by atoms with Gasteiger partial charge in [0.1, 0.15) is 6.61 Å². The van der Waals surface area contributed by atoms with E-state index in [0.717, 1.165) is 29.4 Å². The van der Waals surface area contributed by atoms with Crippen LogP contribution in [0.3, 0.4) is 0 Å². The number of halogens is 2. The van der Waals surface area contributed by atoms with Crippen molar-refractivity contribution in [1.82, 2.24) is 9.88 Å². The fourth-order valence-electron chi connectivity index (χ4n) is 2.77. The van der Waals surface area contributed by atoms with E-state index < -0.39 is 6.61 Å². The Labute approximate surface area is 126 Å². The number of H-pyrrole nitrogens is 1. The van der Waals surface area contributed by atoms with Gasteiger partial charge in [-0.2, -0.15) is 0 Å². The van der Waals surface area contributed by atoms with E-state index in [1.165, 1.54) is 5.56 Å². The highest BCUT2D eigenvalue weighted by Gasteiger charge is 2.22. The minimum absolute atomic E-state index is 0.222. The molecule has 2 aromatic rings. The van der Waals surface area contributed by atoms with E-state index in [1.54, 1.807) is 11.0 Å². The maximum atomic E-state index is 11.6. The zero-order valence-electron chi connectivity index (χ0n) is 10.7. The number of rotatable bonds is 1. The zero-order valence-corrected chi connectivity index (χ0v) is 12.3. The van der Waals surface area contributed by atoms with Gasteiger partial charge in [-0.1, -0.05) is 29.3 Å². The summed E-state index contributed by atoms with van der Waals surface area (Å²) < 4.78 is 0. The van der Waals surface area contributed by atoms with Crippen molar-refractivity contribution in [1.29, 1.82) is 0 Å². The van der Waals surface area contributed by atoms with Crippen LogP contribution in [0.4, 0.5) is 0 Å². The third kappa shape index (κ3) is 2.18. The number of benzene rings is 1. The van der Waals surface area contributed by atoms with Crippen molar-refractivity contribution in [2.45, 2.75) is 12.8 Å². The molecule has 0 bridgehead atoms. The van der Waals surface area contributed by atoms with Gasteiger partial charge in [0.15, 0.2) is 0 Å². The molecule has 0 atom stereocenters. The van der Waals surface area contributed by atoms with Gasteiger partial charge in [-0.25, -0.2) is 0 Å². The van der Waals surface area contributed by atoms with Gasteiger partial charge in [-0.3, -0.25) is 4.79 Å². The predicted octanol–water partition coefficient (Wildman–Crippen LogP) is 2.39. The molecule has 1 aromatic carbocycles. The molecule has 0 radical (unpaired) electrons. The Morgan fingerprint density at radius 3 is 2.80 bits per heavy atom. The van der Waals surface area contributed by atoms with E-state index in [1.807, 2.05) is 6.07 Å². The van der Waals surface area contributed by atoms with Gasteiger partial charge >= 0.3 is 0 Å². The number of aromatic amines is 1. The lowest BCUT2D eigenvalue weighted by Gasteiger charge is -2.18. The van der Waals surface area contributed by atoms with E-state index in [9.17, 15) is 4.79 Å². The molecule has 20 heavy (non-hydrogen) atoms. The number of aromatic nitrogens is 1. The van der Waals surface area contributed by atoms with E-state index in [4.69, 9.17) is 28.3 Å². The van der Waals surface area contributed by atoms with Crippen LogP contribution in [-0.4, -0.2) is 40.6 Å². The Morgan fingerprint density at radius 1 is 1.30 bits per heavy atom. The summed E-state index contributed by atoms with van der Waals surface area (Å²) in [5, 5.41) is 11.1. The van der Waals surface area contributed by atoms with Crippen LogP contribution in [0.1, 0.15) is 11.3 Å². The molecule has 1 aliphatic rings. The summed E-state index contributed by atoms with van der Waals surface area (Å²) >= 11 is 12.3. The fourth-order valence-corrected chi connectivity index (χ4v) is 3.14. The second-order valence-electron chi connectivity index (χ2n) is 4.90. The molecule has 1 amide bonds. The maximum Gasteiger partial charge on any atom is 0.248 e. The molecule has 0 saturated carbocycles. The minimum atomic E-state index is -0.434. The van der Waals surface area contributed by atoms with Gasteiger partial charge in [0.25, 0.3) is 0 Å². The largest absolute Gasteiger partial charge is 0.387 e. The molecule has 0 unspecified atom stereocenters. The normalized spacial score (nSPS) is 15.2. The smallest absolute Gasteiger partial charge is 0.248 e. The molecule has 0 spiro atoms. The molecule has 0 saturated heterocycles. The summed E-state index contributed by atoms with van der Waals surface area (Å²) in [6, 6.07) is 3.75. The Bertz CT molecular complexity index is 681. The SMILES string of the molecule is O=C(CO)N1CCc2[nH]c3c(Cl)c(Cl)ccc3c2CC1. The van der Waals surface area contributed by atoms with Crippen LogP contribution >= 0.6 is 23.2 Å². The molecule has 4 nitrogen and oxygen atoms in total. The highest BCUT2D eigenvalue weighted by molar-refractivity contribution is 6.45. The summed E-state index contributed by atoms with van der Waals surface area (Å²) in [5.41, 5.74) is 3.15. The lowest BCUT2D eigenvalue weighted by molar-refractivity contribution is -0.134. The third-order valence-corrected chi connectivity index (χ3v) is 4.62. The highest BCUT2D eigenvalue weighted by Crippen LogP contribution is 2.34. The van der Waals surface area contributed by atoms with E-state index >= 15 is 0 Å². The van der Waals surface area contributed by atoms with Gasteiger partial charge in [0.05, 0.1) is 15.6 Å². The molecule has 2 heterocycles. The van der Waals surface area contributed by atoms with Crippen LogP contribution in [0, 0.1) is 0 Å². The molecular weight excluding hydrogens is 299 g/mol. The molecule has 0 fully saturated rings. The van der Waals surface area contributed by atoms with Crippen LogP contribution < -0.4 is 0 Å². The van der Waals surface area contributed by atoms with E-state index in [-0.39, 0.29) is 5.91 Å². The van der Waals surface area contributed by atoms with Crippen molar-refractivity contribution in [3.63, 3.8) is 0 Å². The second-order valence-corrected chi connectivity index (χ2v) is 5.69. The van der Waals surface area contributed by atoms with Gasteiger partial charge in [0, 0.05) is 30.6 Å². The number of hydrogen-bond acceptors (Lipinski definition) is 2. The van der Waals surface area contributed by atoms with Crippen molar-refractivity contribution >= 4 is 40.0 Å². The number of hydrogen-bond donors (Lipinski definition) is 2. The molecular formula is C14H14Cl2N2O2. The van der Waals surface area contributed by atoms with Crippen LogP contribution in [-0.2, 0) is 17.6 Å². The molecule has 6 heteroatoms. The molecule has 2 N–H and O–H groups in total. The third-order valence-electron chi connectivity index (χ3n) is 3.81. The van der Waals surface area contributed by atoms with Gasteiger partial charge < -0.3 is 15.0 Å². The van der Waals surface area contributed by atoms with Crippen LogP contribution in [0.25, 0.3) is 10.9 Å². The lowest BCUT2D eigenvalue weighted by Crippen LogP contribution is -2.35. The number of carbonyl (C=O) groups is 1. The molecule has 1 aliphatic heterocycles. The van der Waals surface area contributed by atoms with Crippen molar-refractivity contribution in [3.8, 4) is 0 Å². The van der Waals surface area contributed by atoms with Crippen molar-refractivity contribution < 1.29 is 9.90 Å². The monoisotopic (exact) mass is 312 g/mol. The lowest BCUT2D eigenvalue weighted by atomic mass is 10.1. The van der Waals surface area contributed by atoms with Crippen molar-refractivity contribution in [3.05, 3.63) is 33.4 Å². The van der Waals surface area contributed by atoms with Gasteiger partial charge in [-0.05, 0) is 18.1 Å². The summed E-state index contributed by atoms with van der Waals surface area (Å²) in [7, 11) is 0. The summed E-state index contributed by atoms with van der Waals surface area (Å²) in [6.07, 6.45) is 1.47. The van der Waals surface area contributed by atoms with E-state index in [0.29, 0.717) is 23.1 Å². The Morgan fingerprint density at radius 2 is 2.05 bits per heavy atom. The number of aliphatic hydroxyl groups is 1. The number of fused-ring (bicyclic) bond motifs is 3. The maximum absolute atomic E-state index is 11.6. The van der Waals surface area contributed by atoms with Crippen LogP contribution in [0.15, 0.2) is 12.1 Å². The first-order valence-corrected chi connectivity index (χ1v) is 7.23. The van der Waals surface area contributed by atoms with Crippen LogP contribution in [0.5, 0.6) is 0 Å². The fraction of sp³-hybridized carbons (Fsp3) is 0.357. The number of nitrogens with one attached hydrogen (secondary N) is 1. The summed E-state index contributed by atoms with van der Waals surface area (Å²) in [5.74, 6) is -0.222. The number of carbonyl (C=O) groups excluding carboxylic acids is 1. The first-order valence-electron chi connectivity index (χ1n) is 6.48. The minimum Gasteiger partial charge on any atom is -0.387 e. The number of amides is 1. The van der Waals surface area contributed by atoms with Gasteiger partial charge in [0.2, 0.25) is 5.91 Å². The highest BCUT2D eigenvalue weighted by atomic mass is 35.5. The summed E-state index contributed by atoms with van der Waals surface area (Å²) in [6.45, 7) is 0.778. The average Bonchev–Trinajstić information content (AvgIpc) is 2.67. The molecule has 3 rings (SSSR count). The standard InChI is InChI=1S/C14H14Cl2N2O2/c15-10-2-1-9-8-3-5-18(12(20)7-19)6-4-11(8)17-14(9)13(10)16/h1-2,17,19H,3-7H2. The quantitative estimate of drug-likeness (QED) is 0.849. The first kappa shape index (κ1) is 13.7. The second kappa shape index (κ2) is 5.28. The van der Waals surface area contributed by atoms with Crippen LogP contribution in [0.2, 0.25) is 10.0 Å². The predicted molar refractivity (Wildman–Crippen MR) is 79.4 cm³/mol. The van der Waals surface area contributed by atoms with E-state index in [2.05, 4.69) is 4.98 Å². The Balaban J connectivity index is 2.00. The van der Waals surface area contributed by atoms with Crippen molar-refractivity contribution in [2.75, 3.05) is 19.7 Å². The zero-order chi connectivity index (χ0) is 14.3. The van der Waals surface area contributed by atoms with Gasteiger partial charge in [-0.15, -0.1) is 0 Å². The summed E-state index contributed by atoms with van der Waals surface area (Å²) in [4.78, 5) is 16.6. The first-order chi connectivity index (χ1) is 9.61. The Hall–Kier alpha value is -1.23. The number of aliphatic hydroxyl groups excluding tert-OH is 1. The average molecular weight is 313 g/mol. The topological polar surface area (TPSA) is 56.3 Å². The Kier molecular flexibility index (Phi) is 3.63. The molecule has 0 aliphatic carbocycles. The molecule has 1 aromatic heterocycles.